The van der Waals surface area contributed by atoms with Crippen LogP contribution in [0.15, 0.2) is 16.7 Å². The third-order valence-corrected chi connectivity index (χ3v) is 3.02. The van der Waals surface area contributed by atoms with Crippen LogP contribution in [0.2, 0.25) is 0 Å². The predicted molar refractivity (Wildman–Crippen MR) is 63.5 cm³/mol. The minimum Gasteiger partial charge on any atom is -0.468 e. The third kappa shape index (κ3) is 2.66. The molecule has 1 aromatic heterocycles. The summed E-state index contributed by atoms with van der Waals surface area (Å²) in [7, 11) is 0. The summed E-state index contributed by atoms with van der Waals surface area (Å²) in [5.41, 5.74) is 1.48. The molecule has 1 fully saturated rings. The second-order valence-corrected chi connectivity index (χ2v) is 5.40. The molecule has 1 aliphatic heterocycles. The molecule has 1 aromatic rings. The highest BCUT2D eigenvalue weighted by molar-refractivity contribution is 5.25. The lowest BCUT2D eigenvalue weighted by atomic mass is 9.87. The summed E-state index contributed by atoms with van der Waals surface area (Å²) < 4.78 is 11.0. The van der Waals surface area contributed by atoms with Crippen molar-refractivity contribution < 1.29 is 9.15 Å². The zero-order valence-corrected chi connectivity index (χ0v) is 10.5. The molecule has 0 bridgehead atoms. The molecule has 2 heterocycles. The van der Waals surface area contributed by atoms with Crippen molar-refractivity contribution in [2.24, 2.45) is 0 Å². The lowest BCUT2D eigenvalue weighted by molar-refractivity contribution is 0.0310. The van der Waals surface area contributed by atoms with Crippen LogP contribution >= 0.6 is 0 Å². The maximum Gasteiger partial charge on any atom is 0.121 e. The average molecular weight is 223 g/mol. The number of ether oxygens (including phenoxy) is 1. The third-order valence-electron chi connectivity index (χ3n) is 3.02. The van der Waals surface area contributed by atoms with Crippen LogP contribution in [-0.2, 0) is 16.7 Å². The van der Waals surface area contributed by atoms with Gasteiger partial charge in [-0.2, -0.15) is 0 Å². The van der Waals surface area contributed by atoms with Gasteiger partial charge in [0.2, 0.25) is 0 Å². The van der Waals surface area contributed by atoms with E-state index in [4.69, 9.17) is 9.15 Å². The van der Waals surface area contributed by atoms with Gasteiger partial charge in [-0.05, 0) is 11.5 Å². The van der Waals surface area contributed by atoms with Gasteiger partial charge in [-0.15, -0.1) is 0 Å². The molecule has 0 N–H and O–H groups in total. The highest BCUT2D eigenvalue weighted by atomic mass is 16.5. The zero-order chi connectivity index (χ0) is 11.6. The second-order valence-electron chi connectivity index (χ2n) is 5.40. The van der Waals surface area contributed by atoms with Crippen molar-refractivity contribution in [2.45, 2.75) is 32.7 Å². The van der Waals surface area contributed by atoms with Crippen LogP contribution in [0.3, 0.4) is 0 Å². The van der Waals surface area contributed by atoms with Crippen LogP contribution in [-0.4, -0.2) is 31.2 Å². The molecule has 3 heteroatoms. The van der Waals surface area contributed by atoms with Crippen molar-refractivity contribution in [1.82, 2.24) is 4.90 Å². The van der Waals surface area contributed by atoms with Gasteiger partial charge in [-0.3, -0.25) is 4.90 Å². The maximum atomic E-state index is 5.61. The zero-order valence-electron chi connectivity index (χ0n) is 10.5. The molecule has 3 nitrogen and oxygen atoms in total. The summed E-state index contributed by atoms with van der Waals surface area (Å²) >= 11 is 0. The van der Waals surface area contributed by atoms with E-state index in [2.05, 4.69) is 31.7 Å². The van der Waals surface area contributed by atoms with Crippen LogP contribution in [0.1, 0.15) is 32.1 Å². The molecule has 0 atom stereocenters. The van der Waals surface area contributed by atoms with Crippen molar-refractivity contribution in [1.29, 1.82) is 0 Å². The van der Waals surface area contributed by atoms with Crippen molar-refractivity contribution in [2.75, 3.05) is 26.3 Å². The Balaban J connectivity index is 2.06. The fourth-order valence-corrected chi connectivity index (χ4v) is 2.09. The monoisotopic (exact) mass is 223 g/mol. The standard InChI is InChI=1S/C13H21NO2/c1-13(2,3)11-4-7-16-12(11)10-14-5-8-15-9-6-14/h4,7H,5-6,8-10H2,1-3H3. The van der Waals surface area contributed by atoms with Gasteiger partial charge in [0.05, 0.1) is 26.0 Å². The average Bonchev–Trinajstić information content (AvgIpc) is 2.67. The molecule has 1 aliphatic rings. The number of hydrogen-bond donors (Lipinski definition) is 0. The normalized spacial score (nSPS) is 18.9. The van der Waals surface area contributed by atoms with E-state index < -0.39 is 0 Å². The van der Waals surface area contributed by atoms with E-state index >= 15 is 0 Å². The Hall–Kier alpha value is -0.800. The number of nitrogens with zero attached hydrogens (tertiary/aromatic N) is 1. The second kappa shape index (κ2) is 4.60. The molecule has 0 radical (unpaired) electrons. The van der Waals surface area contributed by atoms with E-state index in [0.717, 1.165) is 38.6 Å². The smallest absolute Gasteiger partial charge is 0.121 e. The summed E-state index contributed by atoms with van der Waals surface area (Å²) in [5, 5.41) is 0. The highest BCUT2D eigenvalue weighted by Crippen LogP contribution is 2.27. The maximum absolute atomic E-state index is 5.61. The molecule has 0 unspecified atom stereocenters. The Morgan fingerprint density at radius 3 is 2.56 bits per heavy atom. The number of hydrogen-bond acceptors (Lipinski definition) is 3. The van der Waals surface area contributed by atoms with Gasteiger partial charge in [0.25, 0.3) is 0 Å². The Bertz CT molecular complexity index is 332. The largest absolute Gasteiger partial charge is 0.468 e. The van der Waals surface area contributed by atoms with Crippen molar-refractivity contribution in [3.05, 3.63) is 23.7 Å². The number of morpholine rings is 1. The first kappa shape index (κ1) is 11.7. The summed E-state index contributed by atoms with van der Waals surface area (Å²) in [6.45, 7) is 11.3. The molecule has 90 valence electrons. The molecule has 2 rings (SSSR count). The first-order valence-corrected chi connectivity index (χ1v) is 5.94. The molecule has 0 saturated carbocycles. The fraction of sp³-hybridized carbons (Fsp3) is 0.692. The van der Waals surface area contributed by atoms with E-state index in [9.17, 15) is 0 Å². The minimum atomic E-state index is 0.161. The Labute approximate surface area is 97.4 Å². The molecule has 0 spiro atoms. The van der Waals surface area contributed by atoms with E-state index in [1.54, 1.807) is 6.26 Å². The quantitative estimate of drug-likeness (QED) is 0.770. The molecule has 0 aliphatic carbocycles. The SMILES string of the molecule is CC(C)(C)c1ccoc1CN1CCOCC1. The van der Waals surface area contributed by atoms with Gasteiger partial charge in [0.1, 0.15) is 5.76 Å². The van der Waals surface area contributed by atoms with Gasteiger partial charge in [0.15, 0.2) is 0 Å². The van der Waals surface area contributed by atoms with Gasteiger partial charge < -0.3 is 9.15 Å². The van der Waals surface area contributed by atoms with Gasteiger partial charge in [-0.25, -0.2) is 0 Å². The van der Waals surface area contributed by atoms with Gasteiger partial charge in [0, 0.05) is 18.7 Å². The van der Waals surface area contributed by atoms with Gasteiger partial charge >= 0.3 is 0 Å². The highest BCUT2D eigenvalue weighted by Gasteiger charge is 2.22. The van der Waals surface area contributed by atoms with Crippen LogP contribution in [0.25, 0.3) is 0 Å². The molecule has 16 heavy (non-hydrogen) atoms. The van der Waals surface area contributed by atoms with Crippen molar-refractivity contribution >= 4 is 0 Å². The summed E-state index contributed by atoms with van der Waals surface area (Å²) in [6.07, 6.45) is 1.80. The lowest BCUT2D eigenvalue weighted by Crippen LogP contribution is -2.36. The van der Waals surface area contributed by atoms with Crippen LogP contribution < -0.4 is 0 Å². The van der Waals surface area contributed by atoms with Crippen LogP contribution in [0.4, 0.5) is 0 Å². The molecule has 1 saturated heterocycles. The number of rotatable bonds is 2. The van der Waals surface area contributed by atoms with E-state index in [1.807, 2.05) is 0 Å². The summed E-state index contributed by atoms with van der Waals surface area (Å²) in [5.74, 6) is 1.11. The lowest BCUT2D eigenvalue weighted by Gasteiger charge is -2.27. The Kier molecular flexibility index (Phi) is 3.36. The van der Waals surface area contributed by atoms with Crippen molar-refractivity contribution in [3.63, 3.8) is 0 Å². The first-order chi connectivity index (χ1) is 7.57. The van der Waals surface area contributed by atoms with E-state index in [1.165, 1.54) is 5.56 Å². The van der Waals surface area contributed by atoms with Crippen LogP contribution in [0, 0.1) is 0 Å². The minimum absolute atomic E-state index is 0.161. The Morgan fingerprint density at radius 1 is 1.25 bits per heavy atom. The number of furan rings is 1. The summed E-state index contributed by atoms with van der Waals surface area (Å²) in [4.78, 5) is 2.39. The molecule has 0 amide bonds. The molecular formula is C13H21NO2. The predicted octanol–water partition coefficient (Wildman–Crippen LogP) is 2.41. The summed E-state index contributed by atoms with van der Waals surface area (Å²) in [6, 6.07) is 2.09. The van der Waals surface area contributed by atoms with E-state index in [-0.39, 0.29) is 5.41 Å². The molecular weight excluding hydrogens is 202 g/mol. The van der Waals surface area contributed by atoms with Crippen LogP contribution in [0.5, 0.6) is 0 Å². The molecule has 0 aromatic carbocycles. The van der Waals surface area contributed by atoms with Gasteiger partial charge in [-0.1, -0.05) is 20.8 Å². The Morgan fingerprint density at radius 2 is 1.94 bits per heavy atom. The topological polar surface area (TPSA) is 25.6 Å². The first-order valence-electron chi connectivity index (χ1n) is 5.94. The fourth-order valence-electron chi connectivity index (χ4n) is 2.09. The van der Waals surface area contributed by atoms with E-state index in [0.29, 0.717) is 0 Å². The van der Waals surface area contributed by atoms with Crippen molar-refractivity contribution in [3.8, 4) is 0 Å².